The highest BCUT2D eigenvalue weighted by Gasteiger charge is 2.16. The van der Waals surface area contributed by atoms with Crippen LogP contribution in [0.4, 0.5) is 5.69 Å². The molecule has 0 aromatic heterocycles. The van der Waals surface area contributed by atoms with E-state index < -0.39 is 10.0 Å². The van der Waals surface area contributed by atoms with Gasteiger partial charge in [-0.1, -0.05) is 18.2 Å². The van der Waals surface area contributed by atoms with E-state index in [0.717, 1.165) is 16.7 Å². The van der Waals surface area contributed by atoms with Gasteiger partial charge in [0.2, 0.25) is 0 Å². The van der Waals surface area contributed by atoms with E-state index >= 15 is 0 Å². The Balaban J connectivity index is 2.42. The molecule has 0 saturated carbocycles. The van der Waals surface area contributed by atoms with Crippen LogP contribution in [0.1, 0.15) is 34.0 Å². The lowest BCUT2D eigenvalue weighted by Gasteiger charge is -2.12. The normalized spacial score (nSPS) is 11.3. The Bertz CT molecular complexity index is 839. The van der Waals surface area contributed by atoms with Crippen LogP contribution in [0.2, 0.25) is 0 Å². The summed E-state index contributed by atoms with van der Waals surface area (Å²) in [5.74, 6) is -0.105. The predicted molar refractivity (Wildman–Crippen MR) is 87.9 cm³/mol. The van der Waals surface area contributed by atoms with Gasteiger partial charge in [0.15, 0.2) is 5.78 Å². The van der Waals surface area contributed by atoms with E-state index in [1.807, 2.05) is 13.8 Å². The Kier molecular flexibility index (Phi) is 4.37. The van der Waals surface area contributed by atoms with E-state index in [-0.39, 0.29) is 10.7 Å². The zero-order chi connectivity index (χ0) is 16.5. The number of carbonyl (C=O) groups is 1. The minimum Gasteiger partial charge on any atom is -0.295 e. The van der Waals surface area contributed by atoms with E-state index in [0.29, 0.717) is 11.3 Å². The molecule has 0 aliphatic rings. The average molecular weight is 317 g/mol. The van der Waals surface area contributed by atoms with E-state index in [1.54, 1.807) is 43.3 Å². The Hall–Kier alpha value is -2.14. The molecule has 0 unspecified atom stereocenters. The summed E-state index contributed by atoms with van der Waals surface area (Å²) in [4.78, 5) is 11.7. The lowest BCUT2D eigenvalue weighted by atomic mass is 10.1. The molecule has 0 aliphatic carbocycles. The maximum Gasteiger partial charge on any atom is 0.261 e. The molecule has 0 aliphatic heterocycles. The molecule has 1 N–H and O–H groups in total. The smallest absolute Gasteiger partial charge is 0.261 e. The maximum atomic E-state index is 12.5. The topological polar surface area (TPSA) is 63.2 Å². The van der Waals surface area contributed by atoms with Gasteiger partial charge in [0.25, 0.3) is 10.0 Å². The third kappa shape index (κ3) is 3.36. The first-order valence-electron chi connectivity index (χ1n) is 6.92. The van der Waals surface area contributed by atoms with Crippen molar-refractivity contribution < 1.29 is 13.2 Å². The number of hydrogen-bond donors (Lipinski definition) is 1. The number of ketones is 1. The summed E-state index contributed by atoms with van der Waals surface area (Å²) in [5.41, 5.74) is 3.61. The van der Waals surface area contributed by atoms with Crippen LogP contribution in [0.25, 0.3) is 0 Å². The molecule has 0 fully saturated rings. The van der Waals surface area contributed by atoms with E-state index in [1.165, 1.54) is 6.92 Å². The fourth-order valence-electron chi connectivity index (χ4n) is 2.04. The van der Waals surface area contributed by atoms with Crippen LogP contribution in [-0.4, -0.2) is 14.2 Å². The molecule has 0 heterocycles. The fourth-order valence-corrected chi connectivity index (χ4v) is 3.24. The minimum absolute atomic E-state index is 0.105. The molecule has 0 amide bonds. The quantitative estimate of drug-likeness (QED) is 0.876. The van der Waals surface area contributed by atoms with Gasteiger partial charge >= 0.3 is 0 Å². The Morgan fingerprint density at radius 1 is 0.909 bits per heavy atom. The molecular formula is C17H19NO3S. The van der Waals surface area contributed by atoms with Crippen LogP contribution >= 0.6 is 0 Å². The van der Waals surface area contributed by atoms with Gasteiger partial charge in [-0.05, 0) is 62.6 Å². The molecule has 4 nitrogen and oxygen atoms in total. The number of sulfonamides is 1. The zero-order valence-electron chi connectivity index (χ0n) is 13.1. The third-order valence-corrected chi connectivity index (χ3v) is 5.04. The molecule has 2 aromatic rings. The summed E-state index contributed by atoms with van der Waals surface area (Å²) >= 11 is 0. The molecule has 5 heteroatoms. The van der Waals surface area contributed by atoms with Crippen molar-refractivity contribution in [3.63, 3.8) is 0 Å². The molecule has 0 spiro atoms. The van der Waals surface area contributed by atoms with Crippen LogP contribution in [-0.2, 0) is 10.0 Å². The highest BCUT2D eigenvalue weighted by Crippen LogP contribution is 2.22. The summed E-state index contributed by atoms with van der Waals surface area (Å²) in [5, 5.41) is 0. The largest absolute Gasteiger partial charge is 0.295 e. The first kappa shape index (κ1) is 16.2. The molecule has 2 aromatic carbocycles. The predicted octanol–water partition coefficient (Wildman–Crippen LogP) is 3.62. The molecule has 0 saturated heterocycles. The number of carbonyl (C=O) groups excluding carboxylic acids is 1. The molecule has 2 rings (SSSR count). The Labute approximate surface area is 131 Å². The van der Waals surface area contributed by atoms with Crippen molar-refractivity contribution in [2.75, 3.05) is 4.72 Å². The number of aryl methyl sites for hydroxylation is 3. The van der Waals surface area contributed by atoms with Gasteiger partial charge in [0.05, 0.1) is 10.6 Å². The fraction of sp³-hybridized carbons (Fsp3) is 0.235. The number of nitrogens with one attached hydrogen (secondary N) is 1. The summed E-state index contributed by atoms with van der Waals surface area (Å²) in [6.07, 6.45) is 0. The standard InChI is InChI=1S/C17H19NO3S/c1-11-6-8-16(9-13(11)3)22(20,21)18-17-10-15(14(4)19)7-5-12(17)2/h5-10,18H,1-4H3. The first-order valence-corrected chi connectivity index (χ1v) is 8.40. The van der Waals surface area contributed by atoms with Crippen LogP contribution in [0.15, 0.2) is 41.3 Å². The second kappa shape index (κ2) is 5.93. The molecule has 0 radical (unpaired) electrons. The Morgan fingerprint density at radius 2 is 1.55 bits per heavy atom. The number of Topliss-reactive ketones (excluding diaryl/α,β-unsaturated/α-hetero) is 1. The lowest BCUT2D eigenvalue weighted by molar-refractivity contribution is 0.101. The number of hydrogen-bond acceptors (Lipinski definition) is 3. The Morgan fingerprint density at radius 3 is 2.14 bits per heavy atom. The number of anilines is 1. The molecule has 22 heavy (non-hydrogen) atoms. The van der Waals surface area contributed by atoms with Gasteiger partial charge in [-0.25, -0.2) is 8.42 Å². The highest BCUT2D eigenvalue weighted by molar-refractivity contribution is 7.92. The molecular weight excluding hydrogens is 298 g/mol. The van der Waals surface area contributed by atoms with Crippen molar-refractivity contribution >= 4 is 21.5 Å². The maximum absolute atomic E-state index is 12.5. The number of rotatable bonds is 4. The molecule has 116 valence electrons. The van der Waals surface area contributed by atoms with Crippen LogP contribution < -0.4 is 4.72 Å². The van der Waals surface area contributed by atoms with Gasteiger partial charge in [-0.2, -0.15) is 0 Å². The lowest BCUT2D eigenvalue weighted by Crippen LogP contribution is -2.14. The third-order valence-electron chi connectivity index (χ3n) is 3.68. The van der Waals surface area contributed by atoms with Gasteiger partial charge in [-0.3, -0.25) is 9.52 Å². The van der Waals surface area contributed by atoms with Gasteiger partial charge < -0.3 is 0 Å². The SMILES string of the molecule is CC(=O)c1ccc(C)c(NS(=O)(=O)c2ccc(C)c(C)c2)c1. The molecule has 0 bridgehead atoms. The van der Waals surface area contributed by atoms with Crippen LogP contribution in [0.5, 0.6) is 0 Å². The highest BCUT2D eigenvalue weighted by atomic mass is 32.2. The van der Waals surface area contributed by atoms with Crippen LogP contribution in [0.3, 0.4) is 0 Å². The van der Waals surface area contributed by atoms with Crippen molar-refractivity contribution in [3.05, 3.63) is 58.7 Å². The summed E-state index contributed by atoms with van der Waals surface area (Å²) in [6, 6.07) is 9.98. The first-order chi connectivity index (χ1) is 10.2. The van der Waals surface area contributed by atoms with Crippen molar-refractivity contribution in [1.82, 2.24) is 0 Å². The second-order valence-corrected chi connectivity index (χ2v) is 7.12. The monoisotopic (exact) mass is 317 g/mol. The summed E-state index contributed by atoms with van der Waals surface area (Å²) in [7, 11) is -3.68. The summed E-state index contributed by atoms with van der Waals surface area (Å²) < 4.78 is 27.6. The zero-order valence-corrected chi connectivity index (χ0v) is 13.9. The van der Waals surface area contributed by atoms with E-state index in [2.05, 4.69) is 4.72 Å². The van der Waals surface area contributed by atoms with Crippen LogP contribution in [0, 0.1) is 20.8 Å². The number of benzene rings is 2. The van der Waals surface area contributed by atoms with Crippen molar-refractivity contribution in [2.45, 2.75) is 32.6 Å². The van der Waals surface area contributed by atoms with Gasteiger partial charge in [0, 0.05) is 5.56 Å². The van der Waals surface area contributed by atoms with E-state index in [4.69, 9.17) is 0 Å². The van der Waals surface area contributed by atoms with Crippen molar-refractivity contribution in [3.8, 4) is 0 Å². The van der Waals surface area contributed by atoms with Crippen molar-refractivity contribution in [2.24, 2.45) is 0 Å². The van der Waals surface area contributed by atoms with Gasteiger partial charge in [-0.15, -0.1) is 0 Å². The molecule has 0 atom stereocenters. The summed E-state index contributed by atoms with van der Waals surface area (Å²) in [6.45, 7) is 7.05. The second-order valence-electron chi connectivity index (χ2n) is 5.44. The van der Waals surface area contributed by atoms with Gasteiger partial charge in [0.1, 0.15) is 0 Å². The van der Waals surface area contributed by atoms with Crippen molar-refractivity contribution in [1.29, 1.82) is 0 Å². The average Bonchev–Trinajstić information content (AvgIpc) is 2.43. The minimum atomic E-state index is -3.68. The van der Waals surface area contributed by atoms with E-state index in [9.17, 15) is 13.2 Å².